The maximum absolute atomic E-state index is 12.1. The molecule has 0 aliphatic heterocycles. The van der Waals surface area contributed by atoms with Gasteiger partial charge in [0.1, 0.15) is 29.9 Å². The van der Waals surface area contributed by atoms with Crippen molar-refractivity contribution in [3.05, 3.63) is 72.1 Å². The van der Waals surface area contributed by atoms with Gasteiger partial charge in [0.2, 0.25) is 0 Å². The van der Waals surface area contributed by atoms with Crippen LogP contribution in [0.3, 0.4) is 0 Å². The SMILES string of the molecule is COCCOC(=O)Nc1cn2ncc(C#N)c(Nc3ccc(Oc4ccc(OC)cc4)cc3)c2c1C. The number of benzene rings is 2. The molecule has 2 aromatic heterocycles. The Morgan fingerprint density at radius 2 is 1.69 bits per heavy atom. The van der Waals surface area contributed by atoms with Crippen LogP contribution >= 0.6 is 0 Å². The zero-order valence-corrected chi connectivity index (χ0v) is 20.1. The quantitative estimate of drug-likeness (QED) is 0.307. The molecule has 2 aromatic carbocycles. The Hall–Kier alpha value is -4.75. The highest BCUT2D eigenvalue weighted by molar-refractivity contribution is 5.92. The number of hydrogen-bond donors (Lipinski definition) is 2. The number of aryl methyl sites for hydroxylation is 1. The average molecular weight is 488 g/mol. The fourth-order valence-corrected chi connectivity index (χ4v) is 3.52. The molecule has 10 heteroatoms. The van der Waals surface area contributed by atoms with Crippen molar-refractivity contribution in [3.8, 4) is 23.3 Å². The number of carbonyl (C=O) groups is 1. The lowest BCUT2D eigenvalue weighted by atomic mass is 10.1. The first kappa shape index (κ1) is 24.4. The number of hydrogen-bond acceptors (Lipinski definition) is 8. The summed E-state index contributed by atoms with van der Waals surface area (Å²) >= 11 is 0. The molecule has 0 aliphatic rings. The van der Waals surface area contributed by atoms with Crippen LogP contribution < -0.4 is 20.1 Å². The van der Waals surface area contributed by atoms with Crippen LogP contribution in [0, 0.1) is 18.3 Å². The van der Waals surface area contributed by atoms with E-state index in [1.165, 1.54) is 13.3 Å². The van der Waals surface area contributed by atoms with Crippen molar-refractivity contribution in [2.75, 3.05) is 38.1 Å². The largest absolute Gasteiger partial charge is 0.497 e. The van der Waals surface area contributed by atoms with E-state index in [0.29, 0.717) is 40.6 Å². The standard InChI is InChI=1S/C26H25N5O5/c1-17-23(30-26(32)35-13-12-33-2)16-31-25(17)24(18(14-27)15-28-31)29-19-4-6-21(7-5-19)36-22-10-8-20(34-3)9-11-22/h4-11,15-16,29H,12-13H2,1-3H3,(H,30,32). The number of nitriles is 1. The molecule has 0 aliphatic carbocycles. The highest BCUT2D eigenvalue weighted by Crippen LogP contribution is 2.33. The van der Waals surface area contributed by atoms with Crippen molar-refractivity contribution in [2.24, 2.45) is 0 Å². The lowest BCUT2D eigenvalue weighted by Crippen LogP contribution is -2.16. The Labute approximate surface area is 208 Å². The van der Waals surface area contributed by atoms with Gasteiger partial charge in [0.25, 0.3) is 0 Å². The summed E-state index contributed by atoms with van der Waals surface area (Å²) in [6.07, 6.45) is 2.53. The Morgan fingerprint density at radius 1 is 1.03 bits per heavy atom. The van der Waals surface area contributed by atoms with E-state index in [9.17, 15) is 10.1 Å². The number of nitrogens with one attached hydrogen (secondary N) is 2. The number of methoxy groups -OCH3 is 2. The molecular formula is C26H25N5O5. The maximum Gasteiger partial charge on any atom is 0.411 e. The minimum atomic E-state index is -0.603. The molecular weight excluding hydrogens is 462 g/mol. The van der Waals surface area contributed by atoms with Crippen LogP contribution in [-0.4, -0.2) is 43.1 Å². The van der Waals surface area contributed by atoms with Gasteiger partial charge in [0, 0.05) is 18.4 Å². The molecule has 10 nitrogen and oxygen atoms in total. The van der Waals surface area contributed by atoms with Crippen LogP contribution in [0.1, 0.15) is 11.1 Å². The van der Waals surface area contributed by atoms with E-state index in [4.69, 9.17) is 18.9 Å². The average Bonchev–Trinajstić information content (AvgIpc) is 3.21. The third kappa shape index (κ3) is 5.48. The molecule has 36 heavy (non-hydrogen) atoms. The second-order valence-corrected chi connectivity index (χ2v) is 7.69. The smallest absolute Gasteiger partial charge is 0.411 e. The van der Waals surface area contributed by atoms with Crippen LogP contribution in [0.15, 0.2) is 60.9 Å². The van der Waals surface area contributed by atoms with E-state index in [2.05, 4.69) is 21.8 Å². The minimum absolute atomic E-state index is 0.135. The summed E-state index contributed by atoms with van der Waals surface area (Å²) in [6, 6.07) is 16.8. The summed E-state index contributed by atoms with van der Waals surface area (Å²) in [6.45, 7) is 2.27. The van der Waals surface area contributed by atoms with Crippen molar-refractivity contribution in [3.63, 3.8) is 0 Å². The zero-order chi connectivity index (χ0) is 25.5. The van der Waals surface area contributed by atoms with Crippen LogP contribution in [-0.2, 0) is 9.47 Å². The molecule has 0 spiro atoms. The van der Waals surface area contributed by atoms with Gasteiger partial charge in [0.15, 0.2) is 0 Å². The van der Waals surface area contributed by atoms with E-state index in [-0.39, 0.29) is 6.61 Å². The first-order chi connectivity index (χ1) is 17.5. The molecule has 184 valence electrons. The van der Waals surface area contributed by atoms with Crippen LogP contribution in [0.2, 0.25) is 0 Å². The number of fused-ring (bicyclic) bond motifs is 1. The number of carbonyl (C=O) groups excluding carboxylic acids is 1. The number of anilines is 3. The number of rotatable bonds is 9. The Balaban J connectivity index is 1.55. The van der Waals surface area contributed by atoms with Gasteiger partial charge >= 0.3 is 6.09 Å². The van der Waals surface area contributed by atoms with Crippen molar-refractivity contribution in [2.45, 2.75) is 6.92 Å². The van der Waals surface area contributed by atoms with Gasteiger partial charge in [-0.05, 0) is 55.5 Å². The van der Waals surface area contributed by atoms with Crippen molar-refractivity contribution < 1.29 is 23.7 Å². The van der Waals surface area contributed by atoms with Gasteiger partial charge < -0.3 is 24.3 Å². The third-order valence-corrected chi connectivity index (χ3v) is 5.35. The van der Waals surface area contributed by atoms with Gasteiger partial charge in [-0.1, -0.05) is 0 Å². The molecule has 0 atom stereocenters. The number of aromatic nitrogens is 2. The third-order valence-electron chi connectivity index (χ3n) is 5.35. The Kier molecular flexibility index (Phi) is 7.53. The number of nitrogens with zero attached hydrogens (tertiary/aromatic N) is 3. The number of ether oxygens (including phenoxy) is 4. The highest BCUT2D eigenvalue weighted by Gasteiger charge is 2.17. The van der Waals surface area contributed by atoms with Gasteiger partial charge in [0.05, 0.1) is 48.6 Å². The van der Waals surface area contributed by atoms with Gasteiger partial charge in [-0.3, -0.25) is 5.32 Å². The molecule has 0 saturated heterocycles. The molecule has 0 fully saturated rings. The molecule has 0 bridgehead atoms. The van der Waals surface area contributed by atoms with Gasteiger partial charge in [-0.15, -0.1) is 0 Å². The first-order valence-electron chi connectivity index (χ1n) is 11.0. The van der Waals surface area contributed by atoms with Gasteiger partial charge in [-0.25, -0.2) is 9.31 Å². The first-order valence-corrected chi connectivity index (χ1v) is 11.0. The summed E-state index contributed by atoms with van der Waals surface area (Å²) in [5.74, 6) is 2.09. The summed E-state index contributed by atoms with van der Waals surface area (Å²) in [5, 5.41) is 20.0. The number of amides is 1. The van der Waals surface area contributed by atoms with E-state index < -0.39 is 6.09 Å². The van der Waals surface area contributed by atoms with E-state index in [1.54, 1.807) is 17.8 Å². The van der Waals surface area contributed by atoms with Crippen molar-refractivity contribution in [1.29, 1.82) is 5.26 Å². The molecule has 1 amide bonds. The minimum Gasteiger partial charge on any atom is -0.497 e. The van der Waals surface area contributed by atoms with Crippen LogP contribution in [0.4, 0.5) is 21.9 Å². The second kappa shape index (κ2) is 11.1. The Bertz CT molecular complexity index is 1390. The molecule has 0 unspecified atom stereocenters. The second-order valence-electron chi connectivity index (χ2n) is 7.69. The predicted octanol–water partition coefficient (Wildman–Crippen LogP) is 5.25. The normalized spacial score (nSPS) is 10.5. The van der Waals surface area contributed by atoms with Gasteiger partial charge in [-0.2, -0.15) is 10.4 Å². The molecule has 0 radical (unpaired) electrons. The summed E-state index contributed by atoms with van der Waals surface area (Å²) in [4.78, 5) is 12.1. The highest BCUT2D eigenvalue weighted by atomic mass is 16.6. The van der Waals surface area contributed by atoms with E-state index in [0.717, 1.165) is 17.0 Å². The topological polar surface area (TPSA) is 119 Å². The lowest BCUT2D eigenvalue weighted by molar-refractivity contribution is 0.107. The maximum atomic E-state index is 12.1. The predicted molar refractivity (Wildman–Crippen MR) is 134 cm³/mol. The van der Waals surface area contributed by atoms with Crippen LogP contribution in [0.25, 0.3) is 5.52 Å². The summed E-state index contributed by atoms with van der Waals surface area (Å²) in [5.41, 5.74) is 3.57. The van der Waals surface area contributed by atoms with Crippen molar-refractivity contribution >= 4 is 28.7 Å². The zero-order valence-electron chi connectivity index (χ0n) is 20.1. The fraction of sp³-hybridized carbons (Fsp3) is 0.192. The van der Waals surface area contributed by atoms with E-state index >= 15 is 0 Å². The van der Waals surface area contributed by atoms with Crippen molar-refractivity contribution in [1.82, 2.24) is 9.61 Å². The molecule has 0 saturated carbocycles. The summed E-state index contributed by atoms with van der Waals surface area (Å²) in [7, 11) is 3.14. The summed E-state index contributed by atoms with van der Waals surface area (Å²) < 4.78 is 22.6. The Morgan fingerprint density at radius 3 is 2.33 bits per heavy atom. The molecule has 4 rings (SSSR count). The molecule has 2 heterocycles. The molecule has 2 N–H and O–H groups in total. The van der Waals surface area contributed by atoms with E-state index in [1.807, 2.05) is 55.5 Å². The van der Waals surface area contributed by atoms with Crippen LogP contribution in [0.5, 0.6) is 17.2 Å². The molecule has 4 aromatic rings. The monoisotopic (exact) mass is 487 g/mol. The lowest BCUT2D eigenvalue weighted by Gasteiger charge is -2.12. The fourth-order valence-electron chi connectivity index (χ4n) is 3.52.